The fraction of sp³-hybridized carbons (Fsp3) is 0.500. The highest BCUT2D eigenvalue weighted by atomic mass is 16.5. The smallest absolute Gasteiger partial charge is 0.407 e. The van der Waals surface area contributed by atoms with E-state index < -0.39 is 6.09 Å². The number of nitrogens with one attached hydrogen (secondary N) is 1. The van der Waals surface area contributed by atoms with Crippen LogP contribution in [0, 0.1) is 5.92 Å². The van der Waals surface area contributed by atoms with Gasteiger partial charge in [0, 0.05) is 31.6 Å². The molecule has 2 heterocycles. The molecule has 30 heavy (non-hydrogen) atoms. The van der Waals surface area contributed by atoms with Crippen molar-refractivity contribution in [1.82, 2.24) is 15.2 Å². The Morgan fingerprint density at radius 3 is 2.70 bits per heavy atom. The van der Waals surface area contributed by atoms with Crippen LogP contribution in [0.1, 0.15) is 26.2 Å². The minimum absolute atomic E-state index is 0.103. The quantitative estimate of drug-likeness (QED) is 0.690. The number of likely N-dealkylation sites (N-methyl/N-ethyl adjacent to an activating group) is 1. The first kappa shape index (κ1) is 21.7. The molecule has 3 rings (SSSR count). The zero-order chi connectivity index (χ0) is 21.5. The van der Waals surface area contributed by atoms with Gasteiger partial charge in [-0.1, -0.05) is 0 Å². The van der Waals surface area contributed by atoms with E-state index in [1.165, 1.54) is 4.90 Å². The van der Waals surface area contributed by atoms with Crippen LogP contribution in [0.4, 0.5) is 10.6 Å². The van der Waals surface area contributed by atoms with Gasteiger partial charge in [0.1, 0.15) is 18.1 Å². The first-order valence-electron chi connectivity index (χ1n) is 10.4. The zero-order valence-electron chi connectivity index (χ0n) is 17.6. The summed E-state index contributed by atoms with van der Waals surface area (Å²) < 4.78 is 5.27. The summed E-state index contributed by atoms with van der Waals surface area (Å²) in [5, 5.41) is 13.0. The maximum atomic E-state index is 11.7. The standard InChI is InChI=1S/C22H30N4O4/c1-3-23-21(27)15-26(22(28)29)13-10-16-8-11-25(12-9-16)20-7-4-17-14-18(30-2)5-6-19(17)24-20/h4-7,14,16H,3,8-13,15H2,1-2H3,(H,23,27)(H,28,29). The van der Waals surface area contributed by atoms with E-state index in [4.69, 9.17) is 9.72 Å². The predicted octanol–water partition coefficient (Wildman–Crippen LogP) is 2.97. The molecular weight excluding hydrogens is 384 g/mol. The van der Waals surface area contributed by atoms with E-state index in [-0.39, 0.29) is 12.5 Å². The van der Waals surface area contributed by atoms with Gasteiger partial charge in [0.05, 0.1) is 12.6 Å². The Hall–Kier alpha value is -3.03. The molecule has 0 spiro atoms. The fourth-order valence-corrected chi connectivity index (χ4v) is 3.85. The molecule has 8 nitrogen and oxygen atoms in total. The Bertz CT molecular complexity index is 881. The third kappa shape index (κ3) is 5.52. The van der Waals surface area contributed by atoms with Gasteiger partial charge < -0.3 is 20.1 Å². The van der Waals surface area contributed by atoms with Gasteiger partial charge in [-0.05, 0) is 62.4 Å². The lowest BCUT2D eigenvalue weighted by Gasteiger charge is -2.33. The van der Waals surface area contributed by atoms with Crippen LogP contribution in [0.2, 0.25) is 0 Å². The van der Waals surface area contributed by atoms with Crippen LogP contribution in [-0.2, 0) is 4.79 Å². The van der Waals surface area contributed by atoms with Crippen molar-refractivity contribution in [2.45, 2.75) is 26.2 Å². The Morgan fingerprint density at radius 1 is 1.27 bits per heavy atom. The number of rotatable bonds is 8. The highest BCUT2D eigenvalue weighted by molar-refractivity contribution is 5.82. The number of benzene rings is 1. The zero-order valence-corrected chi connectivity index (χ0v) is 17.6. The van der Waals surface area contributed by atoms with Crippen molar-refractivity contribution in [3.05, 3.63) is 30.3 Å². The summed E-state index contributed by atoms with van der Waals surface area (Å²) in [4.78, 5) is 31.4. The van der Waals surface area contributed by atoms with Gasteiger partial charge in [-0.25, -0.2) is 9.78 Å². The summed E-state index contributed by atoms with van der Waals surface area (Å²) in [6, 6.07) is 9.98. The lowest BCUT2D eigenvalue weighted by atomic mass is 9.93. The summed E-state index contributed by atoms with van der Waals surface area (Å²) in [7, 11) is 1.66. The molecule has 1 aliphatic heterocycles. The molecule has 1 fully saturated rings. The second-order valence-electron chi connectivity index (χ2n) is 7.60. The number of carbonyl (C=O) groups is 2. The second kappa shape index (κ2) is 10.1. The number of amides is 2. The summed E-state index contributed by atoms with van der Waals surface area (Å²) in [6.07, 6.45) is 1.69. The van der Waals surface area contributed by atoms with Crippen molar-refractivity contribution in [2.24, 2.45) is 5.92 Å². The molecule has 8 heteroatoms. The van der Waals surface area contributed by atoms with Gasteiger partial charge in [0.25, 0.3) is 0 Å². The number of hydrogen-bond acceptors (Lipinski definition) is 5. The van der Waals surface area contributed by atoms with E-state index in [9.17, 15) is 14.7 Å². The number of fused-ring (bicyclic) bond motifs is 1. The lowest BCUT2D eigenvalue weighted by Crippen LogP contribution is -2.41. The van der Waals surface area contributed by atoms with E-state index in [0.29, 0.717) is 19.0 Å². The molecule has 1 aromatic carbocycles. The molecule has 162 valence electrons. The topological polar surface area (TPSA) is 95.0 Å². The highest BCUT2D eigenvalue weighted by Gasteiger charge is 2.23. The van der Waals surface area contributed by atoms with E-state index >= 15 is 0 Å². The summed E-state index contributed by atoms with van der Waals surface area (Å²) in [5.41, 5.74) is 0.942. The molecule has 0 bridgehead atoms. The molecule has 0 aliphatic carbocycles. The van der Waals surface area contributed by atoms with E-state index in [2.05, 4.69) is 16.3 Å². The number of piperidine rings is 1. The summed E-state index contributed by atoms with van der Waals surface area (Å²) in [5.74, 6) is 1.98. The number of aromatic nitrogens is 1. The van der Waals surface area contributed by atoms with Crippen molar-refractivity contribution in [2.75, 3.05) is 44.7 Å². The summed E-state index contributed by atoms with van der Waals surface area (Å²) >= 11 is 0. The van der Waals surface area contributed by atoms with E-state index in [1.807, 2.05) is 31.2 Å². The SMILES string of the molecule is CCNC(=O)CN(CCC1CCN(c2ccc3cc(OC)ccc3n2)CC1)C(=O)O. The highest BCUT2D eigenvalue weighted by Crippen LogP contribution is 2.27. The largest absolute Gasteiger partial charge is 0.497 e. The van der Waals surface area contributed by atoms with Crippen molar-refractivity contribution < 1.29 is 19.4 Å². The van der Waals surface area contributed by atoms with Crippen LogP contribution < -0.4 is 15.0 Å². The average Bonchev–Trinajstić information content (AvgIpc) is 2.76. The molecular formula is C22H30N4O4. The molecule has 2 amide bonds. The Balaban J connectivity index is 1.52. The molecule has 1 aromatic heterocycles. The van der Waals surface area contributed by atoms with E-state index in [0.717, 1.165) is 54.8 Å². The molecule has 1 aliphatic rings. The van der Waals surface area contributed by atoms with Gasteiger partial charge in [-0.15, -0.1) is 0 Å². The van der Waals surface area contributed by atoms with Gasteiger partial charge in [-0.3, -0.25) is 9.69 Å². The van der Waals surface area contributed by atoms with E-state index in [1.54, 1.807) is 7.11 Å². The van der Waals surface area contributed by atoms with Gasteiger partial charge in [0.15, 0.2) is 0 Å². The Labute approximate surface area is 176 Å². The number of ether oxygens (including phenoxy) is 1. The molecule has 1 saturated heterocycles. The van der Waals surface area contributed by atoms with Crippen LogP contribution in [-0.4, -0.2) is 66.8 Å². The number of hydrogen-bond donors (Lipinski definition) is 2. The first-order valence-corrected chi connectivity index (χ1v) is 10.4. The maximum Gasteiger partial charge on any atom is 0.407 e. The van der Waals surface area contributed by atoms with Crippen LogP contribution in [0.25, 0.3) is 10.9 Å². The van der Waals surface area contributed by atoms with Crippen LogP contribution in [0.15, 0.2) is 30.3 Å². The fourth-order valence-electron chi connectivity index (χ4n) is 3.85. The third-order valence-electron chi connectivity index (χ3n) is 5.61. The second-order valence-corrected chi connectivity index (χ2v) is 7.60. The van der Waals surface area contributed by atoms with Crippen molar-refractivity contribution in [1.29, 1.82) is 0 Å². The Kier molecular flexibility index (Phi) is 7.32. The van der Waals surface area contributed by atoms with Crippen LogP contribution >= 0.6 is 0 Å². The molecule has 0 unspecified atom stereocenters. The number of carbonyl (C=O) groups excluding carboxylic acids is 1. The molecule has 0 saturated carbocycles. The molecule has 2 N–H and O–H groups in total. The lowest BCUT2D eigenvalue weighted by molar-refractivity contribution is -0.121. The molecule has 0 atom stereocenters. The third-order valence-corrected chi connectivity index (χ3v) is 5.61. The average molecular weight is 415 g/mol. The number of nitrogens with zero attached hydrogens (tertiary/aromatic N) is 3. The van der Waals surface area contributed by atoms with Crippen molar-refractivity contribution >= 4 is 28.7 Å². The van der Waals surface area contributed by atoms with Crippen LogP contribution in [0.5, 0.6) is 5.75 Å². The van der Waals surface area contributed by atoms with Crippen molar-refractivity contribution in [3.8, 4) is 5.75 Å². The van der Waals surface area contributed by atoms with Gasteiger partial charge in [-0.2, -0.15) is 0 Å². The number of methoxy groups -OCH3 is 1. The number of pyridine rings is 1. The number of anilines is 1. The predicted molar refractivity (Wildman–Crippen MR) is 116 cm³/mol. The van der Waals surface area contributed by atoms with Crippen molar-refractivity contribution in [3.63, 3.8) is 0 Å². The minimum atomic E-state index is -1.05. The van der Waals surface area contributed by atoms with Gasteiger partial charge in [0.2, 0.25) is 5.91 Å². The summed E-state index contributed by atoms with van der Waals surface area (Å²) in [6.45, 7) is 4.38. The molecule has 2 aromatic rings. The monoisotopic (exact) mass is 414 g/mol. The Morgan fingerprint density at radius 2 is 2.03 bits per heavy atom. The first-order chi connectivity index (χ1) is 14.5. The minimum Gasteiger partial charge on any atom is -0.497 e. The van der Waals surface area contributed by atoms with Gasteiger partial charge >= 0.3 is 6.09 Å². The maximum absolute atomic E-state index is 11.7. The van der Waals surface area contributed by atoms with Crippen LogP contribution in [0.3, 0.4) is 0 Å². The normalized spacial score (nSPS) is 14.5. The number of carboxylic acid groups (broad SMARTS) is 1. The molecule has 0 radical (unpaired) electrons.